The van der Waals surface area contributed by atoms with Gasteiger partial charge in [0.15, 0.2) is 0 Å². The molecule has 0 unspecified atom stereocenters. The minimum absolute atomic E-state index is 0.0301. The maximum Gasteiger partial charge on any atom is 0.251 e. The second kappa shape index (κ2) is 7.91. The van der Waals surface area contributed by atoms with E-state index in [4.69, 9.17) is 4.52 Å². The summed E-state index contributed by atoms with van der Waals surface area (Å²) in [5.41, 5.74) is 2.09. The summed E-state index contributed by atoms with van der Waals surface area (Å²) in [6.07, 6.45) is 0. The molecule has 0 fully saturated rings. The van der Waals surface area contributed by atoms with Gasteiger partial charge in [-0.3, -0.25) is 4.79 Å². The average Bonchev–Trinajstić information content (AvgIpc) is 3.15. The fourth-order valence-electron chi connectivity index (χ4n) is 2.53. The van der Waals surface area contributed by atoms with E-state index in [-0.39, 0.29) is 22.9 Å². The molecule has 146 valence electrons. The third kappa shape index (κ3) is 4.10. The lowest BCUT2D eigenvalue weighted by atomic mass is 10.1. The van der Waals surface area contributed by atoms with Gasteiger partial charge < -0.3 is 9.84 Å². The first kappa shape index (κ1) is 19.7. The molecule has 0 aliphatic carbocycles. The normalized spacial score (nSPS) is 11.6. The molecule has 3 rings (SSSR count). The maximum absolute atomic E-state index is 12.4. The second-order valence-electron chi connectivity index (χ2n) is 6.32. The highest BCUT2D eigenvalue weighted by molar-refractivity contribution is 7.89. The lowest BCUT2D eigenvalue weighted by Gasteiger charge is -2.12. The Balaban J connectivity index is 1.71. The summed E-state index contributed by atoms with van der Waals surface area (Å²) in [6.45, 7) is 1.98. The first-order chi connectivity index (χ1) is 13.3. The molecular formula is C19H20N4O4S. The number of aryl methyl sites for hydroxylation is 1. The zero-order valence-corrected chi connectivity index (χ0v) is 16.5. The lowest BCUT2D eigenvalue weighted by molar-refractivity contribution is 0.0946. The van der Waals surface area contributed by atoms with Crippen molar-refractivity contribution >= 4 is 15.9 Å². The highest BCUT2D eigenvalue weighted by Gasteiger charge is 2.19. The van der Waals surface area contributed by atoms with Crippen molar-refractivity contribution in [3.8, 4) is 11.4 Å². The molecule has 0 aliphatic heterocycles. The number of amides is 1. The molecular weight excluding hydrogens is 380 g/mol. The van der Waals surface area contributed by atoms with Crippen molar-refractivity contribution in [2.45, 2.75) is 18.4 Å². The number of hydrogen-bond acceptors (Lipinski definition) is 6. The van der Waals surface area contributed by atoms with Crippen molar-refractivity contribution in [3.05, 3.63) is 65.5 Å². The molecule has 28 heavy (non-hydrogen) atoms. The highest BCUT2D eigenvalue weighted by atomic mass is 32.2. The number of aromatic nitrogens is 2. The van der Waals surface area contributed by atoms with Crippen LogP contribution in [0.3, 0.4) is 0 Å². The maximum atomic E-state index is 12.4. The number of rotatable bonds is 6. The number of nitrogens with zero attached hydrogens (tertiary/aromatic N) is 3. The third-order valence-corrected chi connectivity index (χ3v) is 5.94. The van der Waals surface area contributed by atoms with E-state index < -0.39 is 15.9 Å². The van der Waals surface area contributed by atoms with Crippen LogP contribution in [0.4, 0.5) is 0 Å². The summed E-state index contributed by atoms with van der Waals surface area (Å²) in [6, 6.07) is 13.5. The van der Waals surface area contributed by atoms with Gasteiger partial charge in [-0.1, -0.05) is 35.5 Å². The monoisotopic (exact) mass is 400 g/mol. The van der Waals surface area contributed by atoms with Crippen molar-refractivity contribution in [2.75, 3.05) is 14.1 Å². The summed E-state index contributed by atoms with van der Waals surface area (Å²) >= 11 is 0. The molecule has 3 aromatic rings. The first-order valence-electron chi connectivity index (χ1n) is 8.48. The second-order valence-corrected chi connectivity index (χ2v) is 8.48. The molecule has 1 N–H and O–H groups in total. The predicted octanol–water partition coefficient (Wildman–Crippen LogP) is 2.23. The number of nitrogens with one attached hydrogen (secondary N) is 1. The standard InChI is InChI=1S/C19H20N4O4S/c1-13-7-4-5-10-16(13)18-21-17(27-22-18)12-20-19(24)14-8-6-9-15(11-14)28(25,26)23(2)3/h4-11H,12H2,1-3H3,(H,20,24). The topological polar surface area (TPSA) is 105 Å². The lowest BCUT2D eigenvalue weighted by Crippen LogP contribution is -2.25. The summed E-state index contributed by atoms with van der Waals surface area (Å²) in [5.74, 6) is 0.261. The van der Waals surface area contributed by atoms with Gasteiger partial charge in [0.05, 0.1) is 11.4 Å². The minimum atomic E-state index is -3.62. The van der Waals surface area contributed by atoms with E-state index in [1.807, 2.05) is 31.2 Å². The van der Waals surface area contributed by atoms with Crippen LogP contribution >= 0.6 is 0 Å². The van der Waals surface area contributed by atoms with Gasteiger partial charge in [0.25, 0.3) is 5.91 Å². The van der Waals surface area contributed by atoms with Crippen molar-refractivity contribution in [1.82, 2.24) is 19.8 Å². The summed E-state index contributed by atoms with van der Waals surface area (Å²) in [7, 11) is -0.751. The van der Waals surface area contributed by atoms with Gasteiger partial charge in [-0.2, -0.15) is 4.98 Å². The Morgan fingerprint density at radius 1 is 1.14 bits per heavy atom. The van der Waals surface area contributed by atoms with Crippen LogP contribution in [-0.2, 0) is 16.6 Å². The van der Waals surface area contributed by atoms with Crippen molar-refractivity contribution in [2.24, 2.45) is 0 Å². The Kier molecular flexibility index (Phi) is 5.57. The number of benzene rings is 2. The third-order valence-electron chi connectivity index (χ3n) is 4.13. The zero-order chi connectivity index (χ0) is 20.3. The quantitative estimate of drug-likeness (QED) is 0.680. The zero-order valence-electron chi connectivity index (χ0n) is 15.7. The summed E-state index contributed by atoms with van der Waals surface area (Å²) in [5, 5.41) is 6.60. The molecule has 1 amide bonds. The fourth-order valence-corrected chi connectivity index (χ4v) is 3.47. The fraction of sp³-hybridized carbons (Fsp3) is 0.211. The number of hydrogen-bond donors (Lipinski definition) is 1. The van der Waals surface area contributed by atoms with E-state index in [0.29, 0.717) is 5.82 Å². The van der Waals surface area contributed by atoms with Crippen LogP contribution in [0.2, 0.25) is 0 Å². The van der Waals surface area contributed by atoms with E-state index in [0.717, 1.165) is 15.4 Å². The van der Waals surface area contributed by atoms with Gasteiger partial charge in [0, 0.05) is 25.2 Å². The molecule has 1 aromatic heterocycles. The molecule has 0 saturated carbocycles. The summed E-state index contributed by atoms with van der Waals surface area (Å²) < 4.78 is 30.7. The van der Waals surface area contributed by atoms with E-state index in [1.165, 1.54) is 38.4 Å². The van der Waals surface area contributed by atoms with Crippen LogP contribution in [0.5, 0.6) is 0 Å². The minimum Gasteiger partial charge on any atom is -0.343 e. The van der Waals surface area contributed by atoms with E-state index in [2.05, 4.69) is 15.5 Å². The molecule has 0 saturated heterocycles. The molecule has 0 atom stereocenters. The largest absolute Gasteiger partial charge is 0.343 e. The number of sulfonamides is 1. The van der Waals surface area contributed by atoms with Crippen LogP contribution in [0, 0.1) is 6.92 Å². The smallest absolute Gasteiger partial charge is 0.251 e. The molecule has 8 nitrogen and oxygen atoms in total. The van der Waals surface area contributed by atoms with Crippen molar-refractivity contribution in [3.63, 3.8) is 0 Å². The van der Waals surface area contributed by atoms with Crippen LogP contribution in [0.25, 0.3) is 11.4 Å². The molecule has 0 bridgehead atoms. The highest BCUT2D eigenvalue weighted by Crippen LogP contribution is 2.20. The van der Waals surface area contributed by atoms with Gasteiger partial charge in [0.1, 0.15) is 0 Å². The van der Waals surface area contributed by atoms with Gasteiger partial charge in [-0.05, 0) is 30.7 Å². The Hall–Kier alpha value is -3.04. The van der Waals surface area contributed by atoms with Crippen molar-refractivity contribution in [1.29, 1.82) is 0 Å². The molecule has 1 heterocycles. The number of carbonyl (C=O) groups is 1. The number of carbonyl (C=O) groups excluding carboxylic acids is 1. The molecule has 2 aromatic carbocycles. The first-order valence-corrected chi connectivity index (χ1v) is 9.92. The molecule has 0 aliphatic rings. The van der Waals surface area contributed by atoms with E-state index >= 15 is 0 Å². The van der Waals surface area contributed by atoms with Crippen LogP contribution in [0.15, 0.2) is 57.9 Å². The van der Waals surface area contributed by atoms with Gasteiger partial charge >= 0.3 is 0 Å². The van der Waals surface area contributed by atoms with E-state index in [9.17, 15) is 13.2 Å². The Bertz CT molecular complexity index is 1110. The van der Waals surface area contributed by atoms with Gasteiger partial charge in [-0.25, -0.2) is 12.7 Å². The Morgan fingerprint density at radius 3 is 2.61 bits per heavy atom. The average molecular weight is 400 g/mol. The van der Waals surface area contributed by atoms with Gasteiger partial charge in [-0.15, -0.1) is 0 Å². The van der Waals surface area contributed by atoms with Crippen LogP contribution in [0.1, 0.15) is 21.8 Å². The molecule has 0 spiro atoms. The molecule has 9 heteroatoms. The predicted molar refractivity (Wildman–Crippen MR) is 103 cm³/mol. The molecule has 0 radical (unpaired) electrons. The van der Waals surface area contributed by atoms with Crippen LogP contribution < -0.4 is 5.32 Å². The Labute approximate surface area is 163 Å². The van der Waals surface area contributed by atoms with Crippen molar-refractivity contribution < 1.29 is 17.7 Å². The van der Waals surface area contributed by atoms with Gasteiger partial charge in [0.2, 0.25) is 21.7 Å². The van der Waals surface area contributed by atoms with Crippen LogP contribution in [-0.4, -0.2) is 42.9 Å². The summed E-state index contributed by atoms with van der Waals surface area (Å²) in [4.78, 5) is 16.7. The van der Waals surface area contributed by atoms with E-state index in [1.54, 1.807) is 0 Å². The Morgan fingerprint density at radius 2 is 1.89 bits per heavy atom. The SMILES string of the molecule is Cc1ccccc1-c1noc(CNC(=O)c2cccc(S(=O)(=O)N(C)C)c2)n1.